The molecule has 1 atom stereocenters. The van der Waals surface area contributed by atoms with Crippen molar-refractivity contribution in [2.45, 2.75) is 25.7 Å². The fraction of sp³-hybridized carbons (Fsp3) is 0.467. The van der Waals surface area contributed by atoms with E-state index in [4.69, 9.17) is 16.7 Å². The lowest BCUT2D eigenvalue weighted by atomic mass is 9.93. The first-order valence-corrected chi connectivity index (χ1v) is 7.42. The first-order chi connectivity index (χ1) is 10.4. The van der Waals surface area contributed by atoms with E-state index in [0.29, 0.717) is 25.9 Å². The molecule has 0 radical (unpaired) electrons. The molecule has 1 aliphatic heterocycles. The zero-order chi connectivity index (χ0) is 16.3. The van der Waals surface area contributed by atoms with E-state index in [1.807, 2.05) is 0 Å². The molecule has 0 aromatic heterocycles. The third-order valence-electron chi connectivity index (χ3n) is 3.81. The third kappa shape index (κ3) is 3.94. The van der Waals surface area contributed by atoms with Crippen LogP contribution in [-0.4, -0.2) is 35.0 Å². The van der Waals surface area contributed by atoms with Gasteiger partial charge in [0.2, 0.25) is 0 Å². The van der Waals surface area contributed by atoms with Gasteiger partial charge in [0.05, 0.1) is 10.6 Å². The van der Waals surface area contributed by atoms with Crippen LogP contribution in [-0.2, 0) is 4.79 Å². The van der Waals surface area contributed by atoms with E-state index in [9.17, 15) is 18.4 Å². The average Bonchev–Trinajstić information content (AvgIpc) is 2.48. The highest BCUT2D eigenvalue weighted by atomic mass is 35.5. The fourth-order valence-electron chi connectivity index (χ4n) is 2.67. The van der Waals surface area contributed by atoms with Gasteiger partial charge in [-0.3, -0.25) is 9.59 Å². The van der Waals surface area contributed by atoms with E-state index in [-0.39, 0.29) is 22.9 Å². The van der Waals surface area contributed by atoms with Gasteiger partial charge in [-0.2, -0.15) is 0 Å². The highest BCUT2D eigenvalue weighted by Gasteiger charge is 2.27. The summed E-state index contributed by atoms with van der Waals surface area (Å²) in [4.78, 5) is 24.4. The molecule has 1 aromatic carbocycles. The lowest BCUT2D eigenvalue weighted by molar-refractivity contribution is -0.137. The SMILES string of the molecule is O=C(O)CCC1CCCN(C(=O)c2cc(F)c(Cl)cc2F)C1. The van der Waals surface area contributed by atoms with Crippen molar-refractivity contribution in [3.05, 3.63) is 34.4 Å². The number of carboxylic acid groups (broad SMARTS) is 1. The summed E-state index contributed by atoms with van der Waals surface area (Å²) < 4.78 is 27.2. The second kappa shape index (κ2) is 7.05. The van der Waals surface area contributed by atoms with Crippen molar-refractivity contribution in [2.24, 2.45) is 5.92 Å². The molecule has 1 aliphatic rings. The predicted octanol–water partition coefficient (Wildman–Crippen LogP) is 3.34. The Morgan fingerprint density at radius 2 is 2.05 bits per heavy atom. The molecule has 120 valence electrons. The van der Waals surface area contributed by atoms with E-state index in [2.05, 4.69) is 0 Å². The second-order valence-electron chi connectivity index (χ2n) is 5.44. The Kier molecular flexibility index (Phi) is 5.34. The summed E-state index contributed by atoms with van der Waals surface area (Å²) >= 11 is 5.47. The third-order valence-corrected chi connectivity index (χ3v) is 4.10. The molecule has 1 heterocycles. The number of benzene rings is 1. The van der Waals surface area contributed by atoms with E-state index < -0.39 is 23.5 Å². The summed E-state index contributed by atoms with van der Waals surface area (Å²) in [6.45, 7) is 0.807. The first kappa shape index (κ1) is 16.7. The lowest BCUT2D eigenvalue weighted by Crippen LogP contribution is -2.40. The standard InChI is InChI=1S/C15H16ClF2NO3/c16-11-7-12(17)10(6-13(11)18)15(22)19-5-1-2-9(8-19)3-4-14(20)21/h6-7,9H,1-5,8H2,(H,20,21). The highest BCUT2D eigenvalue weighted by Crippen LogP contribution is 2.25. The molecule has 1 N–H and O–H groups in total. The van der Waals surface area contributed by atoms with E-state index in [1.165, 1.54) is 4.90 Å². The van der Waals surface area contributed by atoms with Gasteiger partial charge >= 0.3 is 5.97 Å². The summed E-state index contributed by atoms with van der Waals surface area (Å²) in [5.41, 5.74) is -0.346. The molecular formula is C15H16ClF2NO3. The Labute approximate surface area is 131 Å². The number of hydrogen-bond acceptors (Lipinski definition) is 2. The number of carbonyl (C=O) groups excluding carboxylic acids is 1. The topological polar surface area (TPSA) is 57.6 Å². The number of halogens is 3. The van der Waals surface area contributed by atoms with Crippen LogP contribution in [0.5, 0.6) is 0 Å². The molecule has 1 fully saturated rings. The van der Waals surface area contributed by atoms with Crippen LogP contribution in [0, 0.1) is 17.6 Å². The molecule has 22 heavy (non-hydrogen) atoms. The van der Waals surface area contributed by atoms with Crippen LogP contribution in [0.15, 0.2) is 12.1 Å². The van der Waals surface area contributed by atoms with Crippen molar-refractivity contribution in [1.29, 1.82) is 0 Å². The summed E-state index contributed by atoms with van der Waals surface area (Å²) in [6.07, 6.45) is 2.05. The first-order valence-electron chi connectivity index (χ1n) is 7.04. The smallest absolute Gasteiger partial charge is 0.303 e. The number of nitrogens with zero attached hydrogens (tertiary/aromatic N) is 1. The van der Waals surface area contributed by atoms with Crippen LogP contribution in [0.4, 0.5) is 8.78 Å². The highest BCUT2D eigenvalue weighted by molar-refractivity contribution is 6.30. The van der Waals surface area contributed by atoms with Gasteiger partial charge in [-0.1, -0.05) is 11.6 Å². The summed E-state index contributed by atoms with van der Waals surface area (Å²) in [6, 6.07) is 1.59. The molecule has 0 aliphatic carbocycles. The maximum absolute atomic E-state index is 13.8. The number of likely N-dealkylation sites (tertiary alicyclic amines) is 1. The van der Waals surface area contributed by atoms with Crippen molar-refractivity contribution in [3.8, 4) is 0 Å². The molecule has 0 saturated carbocycles. The average molecular weight is 332 g/mol. The number of carbonyl (C=O) groups is 2. The maximum Gasteiger partial charge on any atom is 0.303 e. The molecule has 1 unspecified atom stereocenters. The molecule has 1 aromatic rings. The Balaban J connectivity index is 2.09. The molecule has 0 bridgehead atoms. The quantitative estimate of drug-likeness (QED) is 0.861. The zero-order valence-corrected chi connectivity index (χ0v) is 12.6. The number of rotatable bonds is 4. The van der Waals surface area contributed by atoms with Gasteiger partial charge in [0.15, 0.2) is 0 Å². The van der Waals surface area contributed by atoms with Crippen molar-refractivity contribution in [2.75, 3.05) is 13.1 Å². The Hall–Kier alpha value is -1.69. The predicted molar refractivity (Wildman–Crippen MR) is 76.9 cm³/mol. The van der Waals surface area contributed by atoms with Crippen molar-refractivity contribution < 1.29 is 23.5 Å². The minimum Gasteiger partial charge on any atom is -0.481 e. The van der Waals surface area contributed by atoms with Gasteiger partial charge in [0.1, 0.15) is 11.6 Å². The minimum atomic E-state index is -0.880. The summed E-state index contributed by atoms with van der Waals surface area (Å²) in [7, 11) is 0. The summed E-state index contributed by atoms with van der Waals surface area (Å²) in [5.74, 6) is -3.11. The van der Waals surface area contributed by atoms with Gasteiger partial charge in [-0.05, 0) is 37.3 Å². The lowest BCUT2D eigenvalue weighted by Gasteiger charge is -2.32. The van der Waals surface area contributed by atoms with Gasteiger partial charge in [-0.25, -0.2) is 8.78 Å². The largest absolute Gasteiger partial charge is 0.481 e. The molecule has 2 rings (SSSR count). The van der Waals surface area contributed by atoms with Gasteiger partial charge in [0, 0.05) is 19.5 Å². The van der Waals surface area contributed by atoms with Crippen LogP contribution in [0.3, 0.4) is 0 Å². The van der Waals surface area contributed by atoms with Crippen LogP contribution in [0.2, 0.25) is 5.02 Å². The van der Waals surface area contributed by atoms with E-state index in [0.717, 1.165) is 18.6 Å². The van der Waals surface area contributed by atoms with Crippen molar-refractivity contribution >= 4 is 23.5 Å². The van der Waals surface area contributed by atoms with Gasteiger partial charge < -0.3 is 10.0 Å². The zero-order valence-electron chi connectivity index (χ0n) is 11.8. The Bertz CT molecular complexity index is 594. The number of hydrogen-bond donors (Lipinski definition) is 1. The fourth-order valence-corrected chi connectivity index (χ4v) is 2.82. The molecule has 4 nitrogen and oxygen atoms in total. The number of piperidine rings is 1. The minimum absolute atomic E-state index is 0.0383. The normalized spacial score (nSPS) is 18.3. The molecule has 1 amide bonds. The number of amides is 1. The molecule has 7 heteroatoms. The van der Waals surface area contributed by atoms with Crippen molar-refractivity contribution in [3.63, 3.8) is 0 Å². The van der Waals surface area contributed by atoms with E-state index >= 15 is 0 Å². The van der Waals surface area contributed by atoms with E-state index in [1.54, 1.807) is 0 Å². The van der Waals surface area contributed by atoms with Crippen LogP contribution >= 0.6 is 11.6 Å². The number of aliphatic carboxylic acids is 1. The van der Waals surface area contributed by atoms with Crippen LogP contribution < -0.4 is 0 Å². The molecule has 1 saturated heterocycles. The second-order valence-corrected chi connectivity index (χ2v) is 5.85. The van der Waals surface area contributed by atoms with Gasteiger partial charge in [0.25, 0.3) is 5.91 Å². The molecular weight excluding hydrogens is 316 g/mol. The van der Waals surface area contributed by atoms with Crippen LogP contribution in [0.1, 0.15) is 36.0 Å². The summed E-state index contributed by atoms with van der Waals surface area (Å²) in [5, 5.41) is 8.34. The maximum atomic E-state index is 13.8. The van der Waals surface area contributed by atoms with Crippen molar-refractivity contribution in [1.82, 2.24) is 4.90 Å². The monoisotopic (exact) mass is 331 g/mol. The Morgan fingerprint density at radius 1 is 1.32 bits per heavy atom. The Morgan fingerprint density at radius 3 is 2.73 bits per heavy atom. The van der Waals surface area contributed by atoms with Crippen LogP contribution in [0.25, 0.3) is 0 Å². The number of carboxylic acids is 1. The van der Waals surface area contributed by atoms with Gasteiger partial charge in [-0.15, -0.1) is 0 Å². The molecule has 0 spiro atoms.